The Labute approximate surface area is 127 Å². The van der Waals surface area contributed by atoms with E-state index in [-0.39, 0.29) is 18.0 Å². The molecule has 0 radical (unpaired) electrons. The summed E-state index contributed by atoms with van der Waals surface area (Å²) in [6.07, 6.45) is 1.39. The van der Waals surface area contributed by atoms with Gasteiger partial charge in [-0.3, -0.25) is 9.59 Å². The quantitative estimate of drug-likeness (QED) is 0.901. The molecule has 2 N–H and O–H groups in total. The van der Waals surface area contributed by atoms with Crippen molar-refractivity contribution in [3.8, 4) is 0 Å². The molecule has 2 rings (SSSR count). The minimum Gasteiger partial charge on any atom is -0.477 e. The van der Waals surface area contributed by atoms with Crippen molar-refractivity contribution in [3.63, 3.8) is 0 Å². The zero-order valence-electron chi connectivity index (χ0n) is 12.3. The van der Waals surface area contributed by atoms with Gasteiger partial charge in [0.05, 0.1) is 0 Å². The number of nitrogens with one attached hydrogen (secondary N) is 1. The van der Waals surface area contributed by atoms with Crippen molar-refractivity contribution in [1.82, 2.24) is 4.57 Å². The van der Waals surface area contributed by atoms with Crippen LogP contribution in [0.3, 0.4) is 0 Å². The number of aromatic nitrogens is 1. The van der Waals surface area contributed by atoms with Crippen molar-refractivity contribution in [2.45, 2.75) is 20.4 Å². The normalized spacial score (nSPS) is 10.3. The lowest BCUT2D eigenvalue weighted by Crippen LogP contribution is -2.30. The van der Waals surface area contributed by atoms with Crippen molar-refractivity contribution in [2.75, 3.05) is 5.32 Å². The Bertz CT molecular complexity index is 773. The van der Waals surface area contributed by atoms with Gasteiger partial charge in [0, 0.05) is 11.9 Å². The Morgan fingerprint density at radius 2 is 1.77 bits per heavy atom. The van der Waals surface area contributed by atoms with Crippen LogP contribution in [-0.2, 0) is 11.3 Å². The molecule has 2 aromatic rings. The summed E-state index contributed by atoms with van der Waals surface area (Å²) in [5.41, 5.74) is 1.48. The van der Waals surface area contributed by atoms with Gasteiger partial charge in [0.2, 0.25) is 5.91 Å². The fourth-order valence-corrected chi connectivity index (χ4v) is 2.17. The first-order chi connectivity index (χ1) is 10.4. The summed E-state index contributed by atoms with van der Waals surface area (Å²) < 4.78 is 1.08. The number of aromatic carboxylic acids is 1. The molecule has 22 heavy (non-hydrogen) atoms. The molecule has 0 atom stereocenters. The van der Waals surface area contributed by atoms with Crippen LogP contribution in [0.2, 0.25) is 0 Å². The van der Waals surface area contributed by atoms with E-state index in [1.54, 1.807) is 0 Å². The second kappa shape index (κ2) is 6.26. The fourth-order valence-electron chi connectivity index (χ4n) is 2.17. The first-order valence-electron chi connectivity index (χ1n) is 6.69. The van der Waals surface area contributed by atoms with E-state index in [1.807, 2.05) is 32.0 Å². The van der Waals surface area contributed by atoms with E-state index in [1.165, 1.54) is 18.3 Å². The molecule has 114 valence electrons. The molecule has 6 nitrogen and oxygen atoms in total. The topological polar surface area (TPSA) is 88.4 Å². The number of amides is 1. The number of carboxylic acids is 1. The standard InChI is InChI=1S/C16H16N2O4/c1-10-5-3-6-11(2)14(10)17-13(19)9-18-8-4-7-12(15(18)20)16(21)22/h3-8H,9H2,1-2H3,(H,17,19)(H,21,22). The number of rotatable bonds is 4. The maximum Gasteiger partial charge on any atom is 0.341 e. The summed E-state index contributed by atoms with van der Waals surface area (Å²) in [6.45, 7) is 3.51. The summed E-state index contributed by atoms with van der Waals surface area (Å²) in [5, 5.41) is 11.7. The van der Waals surface area contributed by atoms with Gasteiger partial charge in [-0.05, 0) is 37.1 Å². The van der Waals surface area contributed by atoms with Gasteiger partial charge in [-0.1, -0.05) is 18.2 Å². The maximum atomic E-state index is 12.1. The van der Waals surface area contributed by atoms with Gasteiger partial charge in [-0.15, -0.1) is 0 Å². The molecule has 0 bridgehead atoms. The molecule has 0 aliphatic rings. The predicted octanol–water partition coefficient (Wildman–Crippen LogP) is 1.80. The number of hydrogen-bond donors (Lipinski definition) is 2. The van der Waals surface area contributed by atoms with Crippen molar-refractivity contribution in [2.24, 2.45) is 0 Å². The molecule has 0 unspecified atom stereocenters. The molecule has 0 aliphatic carbocycles. The van der Waals surface area contributed by atoms with Crippen LogP contribution in [0.15, 0.2) is 41.3 Å². The SMILES string of the molecule is Cc1cccc(C)c1NC(=O)Cn1cccc(C(=O)O)c1=O. The molecule has 0 fully saturated rings. The minimum atomic E-state index is -1.31. The van der Waals surface area contributed by atoms with Crippen molar-refractivity contribution >= 4 is 17.6 Å². The first kappa shape index (κ1) is 15.5. The number of hydrogen-bond acceptors (Lipinski definition) is 3. The molecule has 6 heteroatoms. The lowest BCUT2D eigenvalue weighted by atomic mass is 10.1. The zero-order chi connectivity index (χ0) is 16.3. The third-order valence-corrected chi connectivity index (χ3v) is 3.31. The number of para-hydroxylation sites is 1. The van der Waals surface area contributed by atoms with Crippen LogP contribution < -0.4 is 10.9 Å². The van der Waals surface area contributed by atoms with E-state index in [0.717, 1.165) is 15.7 Å². The largest absolute Gasteiger partial charge is 0.477 e. The number of nitrogens with zero attached hydrogens (tertiary/aromatic N) is 1. The summed E-state index contributed by atoms with van der Waals surface area (Å²) in [4.78, 5) is 35.0. The molecule has 1 heterocycles. The third kappa shape index (κ3) is 3.22. The molecule has 0 saturated carbocycles. The second-order valence-electron chi connectivity index (χ2n) is 4.98. The van der Waals surface area contributed by atoms with Gasteiger partial charge >= 0.3 is 5.97 Å². The van der Waals surface area contributed by atoms with E-state index >= 15 is 0 Å². The Morgan fingerprint density at radius 1 is 1.14 bits per heavy atom. The van der Waals surface area contributed by atoms with E-state index in [9.17, 15) is 14.4 Å². The van der Waals surface area contributed by atoms with Gasteiger partial charge in [-0.25, -0.2) is 4.79 Å². The monoisotopic (exact) mass is 300 g/mol. The van der Waals surface area contributed by atoms with Crippen LogP contribution >= 0.6 is 0 Å². The first-order valence-corrected chi connectivity index (χ1v) is 6.69. The molecule has 1 aromatic heterocycles. The Balaban J connectivity index is 2.22. The fraction of sp³-hybridized carbons (Fsp3) is 0.188. The number of anilines is 1. The smallest absolute Gasteiger partial charge is 0.341 e. The highest BCUT2D eigenvalue weighted by molar-refractivity contribution is 5.92. The van der Waals surface area contributed by atoms with Crippen molar-refractivity contribution in [1.29, 1.82) is 0 Å². The van der Waals surface area contributed by atoms with Crippen molar-refractivity contribution in [3.05, 3.63) is 63.6 Å². The molecule has 1 aromatic carbocycles. The highest BCUT2D eigenvalue weighted by Gasteiger charge is 2.13. The number of carboxylic acid groups (broad SMARTS) is 1. The van der Waals surface area contributed by atoms with E-state index in [2.05, 4.69) is 5.32 Å². The van der Waals surface area contributed by atoms with Crippen molar-refractivity contribution < 1.29 is 14.7 Å². The molecular weight excluding hydrogens is 284 g/mol. The highest BCUT2D eigenvalue weighted by Crippen LogP contribution is 2.19. The van der Waals surface area contributed by atoms with Crippen LogP contribution in [-0.4, -0.2) is 21.6 Å². The van der Waals surface area contributed by atoms with Crippen LogP contribution in [0, 0.1) is 13.8 Å². The Morgan fingerprint density at radius 3 is 2.36 bits per heavy atom. The van der Waals surface area contributed by atoms with Gasteiger partial charge in [0.15, 0.2) is 0 Å². The number of carbonyl (C=O) groups is 2. The lowest BCUT2D eigenvalue weighted by molar-refractivity contribution is -0.116. The molecule has 0 aliphatic heterocycles. The summed E-state index contributed by atoms with van der Waals surface area (Å²) >= 11 is 0. The number of pyridine rings is 1. The Kier molecular flexibility index (Phi) is 4.41. The lowest BCUT2D eigenvalue weighted by Gasteiger charge is -2.12. The van der Waals surface area contributed by atoms with Crippen LogP contribution in [0.5, 0.6) is 0 Å². The van der Waals surface area contributed by atoms with Gasteiger partial charge in [0.1, 0.15) is 12.1 Å². The zero-order valence-corrected chi connectivity index (χ0v) is 12.3. The third-order valence-electron chi connectivity index (χ3n) is 3.31. The van der Waals surface area contributed by atoms with Crippen LogP contribution in [0.1, 0.15) is 21.5 Å². The van der Waals surface area contributed by atoms with E-state index in [0.29, 0.717) is 5.69 Å². The molecule has 0 spiro atoms. The highest BCUT2D eigenvalue weighted by atomic mass is 16.4. The van der Waals surface area contributed by atoms with Crippen LogP contribution in [0.25, 0.3) is 0 Å². The predicted molar refractivity (Wildman–Crippen MR) is 82.2 cm³/mol. The number of carbonyl (C=O) groups excluding carboxylic acids is 1. The average Bonchev–Trinajstić information content (AvgIpc) is 2.45. The molecule has 1 amide bonds. The average molecular weight is 300 g/mol. The van der Waals surface area contributed by atoms with Gasteiger partial charge in [0.25, 0.3) is 5.56 Å². The van der Waals surface area contributed by atoms with E-state index in [4.69, 9.17) is 5.11 Å². The summed E-state index contributed by atoms with van der Waals surface area (Å²) in [6, 6.07) is 8.28. The van der Waals surface area contributed by atoms with Gasteiger partial charge in [-0.2, -0.15) is 0 Å². The Hall–Kier alpha value is -2.89. The summed E-state index contributed by atoms with van der Waals surface area (Å²) in [5.74, 6) is -1.70. The molecule has 0 saturated heterocycles. The van der Waals surface area contributed by atoms with Crippen LogP contribution in [0.4, 0.5) is 5.69 Å². The number of benzene rings is 1. The number of aryl methyl sites for hydroxylation is 2. The minimum absolute atomic E-state index is 0.242. The van der Waals surface area contributed by atoms with E-state index < -0.39 is 11.5 Å². The van der Waals surface area contributed by atoms with Gasteiger partial charge < -0.3 is 15.0 Å². The summed E-state index contributed by atoms with van der Waals surface area (Å²) in [7, 11) is 0. The maximum absolute atomic E-state index is 12.1. The second-order valence-corrected chi connectivity index (χ2v) is 4.98. The molecular formula is C16H16N2O4.